The van der Waals surface area contributed by atoms with E-state index in [1.54, 1.807) is 6.07 Å². The summed E-state index contributed by atoms with van der Waals surface area (Å²) >= 11 is 5.79. The minimum absolute atomic E-state index is 0.0639. The molecule has 1 atom stereocenters. The number of anilines is 2. The standard InChI is InChI=1S/C12H13ClN4O/c13-10-6-11(17-12(14)16-10)15-9(7-18)8-4-2-1-3-5-8/h1-6,9,18H,7H2,(H3,14,15,16,17)/t9-/m0/s1. The van der Waals surface area contributed by atoms with Crippen molar-refractivity contribution in [3.05, 3.63) is 47.1 Å². The van der Waals surface area contributed by atoms with Crippen LogP contribution < -0.4 is 11.1 Å². The van der Waals surface area contributed by atoms with Gasteiger partial charge in [0, 0.05) is 6.07 Å². The maximum atomic E-state index is 9.41. The molecule has 2 rings (SSSR count). The van der Waals surface area contributed by atoms with Crippen molar-refractivity contribution in [1.82, 2.24) is 9.97 Å². The minimum atomic E-state index is -0.267. The maximum absolute atomic E-state index is 9.41. The van der Waals surface area contributed by atoms with Crippen molar-refractivity contribution in [2.45, 2.75) is 6.04 Å². The van der Waals surface area contributed by atoms with Crippen LogP contribution in [0.5, 0.6) is 0 Å². The molecule has 1 heterocycles. The molecular weight excluding hydrogens is 252 g/mol. The molecule has 0 aliphatic carbocycles. The third-order valence-electron chi connectivity index (χ3n) is 2.42. The van der Waals surface area contributed by atoms with Crippen LogP contribution in [0.1, 0.15) is 11.6 Å². The second-order valence-corrected chi connectivity index (χ2v) is 4.11. The summed E-state index contributed by atoms with van der Waals surface area (Å²) < 4.78 is 0. The molecule has 5 nitrogen and oxygen atoms in total. The van der Waals surface area contributed by atoms with Crippen molar-refractivity contribution >= 4 is 23.4 Å². The van der Waals surface area contributed by atoms with E-state index in [4.69, 9.17) is 17.3 Å². The normalized spacial score (nSPS) is 12.1. The number of halogens is 1. The summed E-state index contributed by atoms with van der Waals surface area (Å²) in [6, 6.07) is 10.8. The van der Waals surface area contributed by atoms with Gasteiger partial charge >= 0.3 is 0 Å². The molecule has 0 aliphatic rings. The number of benzene rings is 1. The van der Waals surface area contributed by atoms with E-state index < -0.39 is 0 Å². The Morgan fingerprint density at radius 2 is 2.00 bits per heavy atom. The third kappa shape index (κ3) is 3.09. The number of nitrogens with two attached hydrogens (primary N) is 1. The highest BCUT2D eigenvalue weighted by Crippen LogP contribution is 2.20. The summed E-state index contributed by atoms with van der Waals surface area (Å²) in [7, 11) is 0. The van der Waals surface area contributed by atoms with Crippen molar-refractivity contribution in [1.29, 1.82) is 0 Å². The van der Waals surface area contributed by atoms with E-state index in [-0.39, 0.29) is 23.8 Å². The quantitative estimate of drug-likeness (QED) is 0.734. The Kier molecular flexibility index (Phi) is 3.96. The lowest BCUT2D eigenvalue weighted by atomic mass is 10.1. The van der Waals surface area contributed by atoms with Gasteiger partial charge < -0.3 is 16.2 Å². The molecular formula is C12H13ClN4O. The number of nitrogen functional groups attached to an aromatic ring is 1. The number of nitrogens with zero attached hydrogens (tertiary/aromatic N) is 2. The minimum Gasteiger partial charge on any atom is -0.394 e. The van der Waals surface area contributed by atoms with Gasteiger partial charge in [0.25, 0.3) is 0 Å². The number of hydrogen-bond donors (Lipinski definition) is 3. The average molecular weight is 265 g/mol. The highest BCUT2D eigenvalue weighted by atomic mass is 35.5. The van der Waals surface area contributed by atoms with Crippen LogP contribution in [0.25, 0.3) is 0 Å². The molecule has 0 radical (unpaired) electrons. The molecule has 18 heavy (non-hydrogen) atoms. The lowest BCUT2D eigenvalue weighted by Crippen LogP contribution is -2.16. The molecule has 0 unspecified atom stereocenters. The van der Waals surface area contributed by atoms with Crippen LogP contribution in [0.2, 0.25) is 5.15 Å². The van der Waals surface area contributed by atoms with Gasteiger partial charge in [0.15, 0.2) is 0 Å². The van der Waals surface area contributed by atoms with Gasteiger partial charge in [-0.1, -0.05) is 41.9 Å². The molecule has 0 fully saturated rings. The van der Waals surface area contributed by atoms with Gasteiger partial charge in [-0.2, -0.15) is 4.98 Å². The fourth-order valence-electron chi connectivity index (χ4n) is 1.61. The summed E-state index contributed by atoms with van der Waals surface area (Å²) in [6.45, 7) is -0.0639. The lowest BCUT2D eigenvalue weighted by molar-refractivity contribution is 0.276. The third-order valence-corrected chi connectivity index (χ3v) is 2.61. The van der Waals surface area contributed by atoms with E-state index in [9.17, 15) is 5.11 Å². The van der Waals surface area contributed by atoms with Gasteiger partial charge in [0.2, 0.25) is 5.95 Å². The molecule has 6 heteroatoms. The topological polar surface area (TPSA) is 84.1 Å². The zero-order chi connectivity index (χ0) is 13.0. The van der Waals surface area contributed by atoms with Crippen LogP contribution >= 0.6 is 11.6 Å². The molecule has 0 saturated carbocycles. The van der Waals surface area contributed by atoms with Crippen molar-refractivity contribution in [2.75, 3.05) is 17.7 Å². The Bertz CT molecular complexity index is 500. The Labute approximate surface area is 110 Å². The van der Waals surface area contributed by atoms with Gasteiger partial charge in [0.1, 0.15) is 11.0 Å². The fourth-order valence-corrected chi connectivity index (χ4v) is 1.80. The van der Waals surface area contributed by atoms with Gasteiger partial charge in [-0.05, 0) is 5.56 Å². The SMILES string of the molecule is Nc1nc(Cl)cc(N[C@@H](CO)c2ccccc2)n1. The first-order valence-electron chi connectivity index (χ1n) is 5.41. The highest BCUT2D eigenvalue weighted by Gasteiger charge is 2.11. The molecule has 0 amide bonds. The van der Waals surface area contributed by atoms with Crippen molar-refractivity contribution in [3.63, 3.8) is 0 Å². The smallest absolute Gasteiger partial charge is 0.223 e. The number of aliphatic hydroxyl groups is 1. The highest BCUT2D eigenvalue weighted by molar-refractivity contribution is 6.29. The first kappa shape index (κ1) is 12.6. The second-order valence-electron chi connectivity index (χ2n) is 3.72. The van der Waals surface area contributed by atoms with Gasteiger partial charge in [-0.3, -0.25) is 0 Å². The molecule has 1 aromatic carbocycles. The van der Waals surface area contributed by atoms with Crippen LogP contribution in [0.15, 0.2) is 36.4 Å². The Morgan fingerprint density at radius 1 is 1.28 bits per heavy atom. The molecule has 1 aromatic heterocycles. The summed E-state index contributed by atoms with van der Waals surface area (Å²) in [5, 5.41) is 12.7. The van der Waals surface area contributed by atoms with E-state index in [0.717, 1.165) is 5.56 Å². The van der Waals surface area contributed by atoms with Crippen LogP contribution in [0, 0.1) is 0 Å². The van der Waals surface area contributed by atoms with Crippen LogP contribution in [0.3, 0.4) is 0 Å². The Hall–Kier alpha value is -1.85. The zero-order valence-corrected chi connectivity index (χ0v) is 10.3. The summed E-state index contributed by atoms with van der Waals surface area (Å²) in [6.07, 6.45) is 0. The van der Waals surface area contributed by atoms with Crippen LogP contribution in [-0.4, -0.2) is 21.7 Å². The number of nitrogens with one attached hydrogen (secondary N) is 1. The Morgan fingerprint density at radius 3 is 2.61 bits per heavy atom. The van der Waals surface area contributed by atoms with E-state index >= 15 is 0 Å². The number of hydrogen-bond acceptors (Lipinski definition) is 5. The second kappa shape index (κ2) is 5.66. The van der Waals surface area contributed by atoms with Crippen LogP contribution in [-0.2, 0) is 0 Å². The molecule has 4 N–H and O–H groups in total. The number of rotatable bonds is 4. The first-order valence-corrected chi connectivity index (χ1v) is 5.79. The summed E-state index contributed by atoms with van der Waals surface area (Å²) in [4.78, 5) is 7.78. The fraction of sp³-hybridized carbons (Fsp3) is 0.167. The summed E-state index contributed by atoms with van der Waals surface area (Å²) in [5.41, 5.74) is 6.46. The maximum Gasteiger partial charge on any atom is 0.223 e. The molecule has 94 valence electrons. The molecule has 0 saturated heterocycles. The van der Waals surface area contributed by atoms with E-state index in [1.807, 2.05) is 30.3 Å². The molecule has 0 aliphatic heterocycles. The monoisotopic (exact) mass is 264 g/mol. The van der Waals surface area contributed by atoms with Gasteiger partial charge in [-0.25, -0.2) is 4.98 Å². The van der Waals surface area contributed by atoms with Crippen LogP contribution in [0.4, 0.5) is 11.8 Å². The number of aliphatic hydroxyl groups excluding tert-OH is 1. The Balaban J connectivity index is 2.20. The molecule has 0 spiro atoms. The predicted molar refractivity (Wildman–Crippen MR) is 71.3 cm³/mol. The van der Waals surface area contributed by atoms with Crippen molar-refractivity contribution < 1.29 is 5.11 Å². The van der Waals surface area contributed by atoms with Gasteiger partial charge in [0.05, 0.1) is 12.6 Å². The van der Waals surface area contributed by atoms with Crippen molar-refractivity contribution in [3.8, 4) is 0 Å². The lowest BCUT2D eigenvalue weighted by Gasteiger charge is -2.17. The first-order chi connectivity index (χ1) is 8.69. The molecule has 0 bridgehead atoms. The van der Waals surface area contributed by atoms with Crippen molar-refractivity contribution in [2.24, 2.45) is 0 Å². The molecule has 2 aromatic rings. The zero-order valence-electron chi connectivity index (χ0n) is 9.55. The van der Waals surface area contributed by atoms with E-state index in [1.165, 1.54) is 0 Å². The van der Waals surface area contributed by atoms with Gasteiger partial charge in [-0.15, -0.1) is 0 Å². The average Bonchev–Trinajstić information content (AvgIpc) is 2.36. The largest absolute Gasteiger partial charge is 0.394 e. The predicted octanol–water partition coefficient (Wildman–Crippen LogP) is 1.86. The number of aromatic nitrogens is 2. The summed E-state index contributed by atoms with van der Waals surface area (Å²) in [5.74, 6) is 0.574. The van der Waals surface area contributed by atoms with E-state index in [2.05, 4.69) is 15.3 Å². The van der Waals surface area contributed by atoms with E-state index in [0.29, 0.717) is 5.82 Å².